The quantitative estimate of drug-likeness (QED) is 0.762. The molecule has 0 saturated carbocycles. The molecule has 0 spiro atoms. The monoisotopic (exact) mass is 256 g/mol. The summed E-state index contributed by atoms with van der Waals surface area (Å²) in [6, 6.07) is 7.83. The highest BCUT2D eigenvalue weighted by Crippen LogP contribution is 2.33. The van der Waals surface area contributed by atoms with Gasteiger partial charge in [-0.05, 0) is 62.3 Å². The number of anilines is 1. The Balaban J connectivity index is 1.62. The fourth-order valence-corrected chi connectivity index (χ4v) is 4.27. The van der Waals surface area contributed by atoms with E-state index in [4.69, 9.17) is 0 Å². The van der Waals surface area contributed by atoms with E-state index in [0.29, 0.717) is 0 Å². The van der Waals surface area contributed by atoms with E-state index in [1.807, 2.05) is 0 Å². The summed E-state index contributed by atoms with van der Waals surface area (Å²) in [6.07, 6.45) is 8.18. The van der Waals surface area contributed by atoms with Crippen LogP contribution in [0.1, 0.15) is 36.8 Å². The first kappa shape index (κ1) is 11.8. The lowest BCUT2D eigenvalue weighted by Crippen LogP contribution is -2.50. The highest BCUT2D eigenvalue weighted by molar-refractivity contribution is 5.58. The molecule has 19 heavy (non-hydrogen) atoms. The molecule has 2 saturated heterocycles. The third kappa shape index (κ3) is 2.06. The van der Waals surface area contributed by atoms with Gasteiger partial charge in [-0.1, -0.05) is 12.1 Å². The van der Waals surface area contributed by atoms with Crippen molar-refractivity contribution in [3.05, 3.63) is 29.3 Å². The number of hydrogen-bond donors (Lipinski definition) is 0. The lowest BCUT2D eigenvalue weighted by Gasteiger charge is -2.40. The first-order chi connectivity index (χ1) is 9.42. The molecule has 0 radical (unpaired) electrons. The number of fused-ring (bicyclic) bond motifs is 2. The smallest absolute Gasteiger partial charge is 0.0402 e. The molecule has 3 aliphatic rings. The lowest BCUT2D eigenvalue weighted by atomic mass is 9.90. The van der Waals surface area contributed by atoms with Crippen LogP contribution in [0.3, 0.4) is 0 Å². The Hall–Kier alpha value is -1.02. The van der Waals surface area contributed by atoms with Crippen molar-refractivity contribution in [1.82, 2.24) is 4.90 Å². The van der Waals surface area contributed by atoms with Crippen LogP contribution >= 0.6 is 0 Å². The van der Waals surface area contributed by atoms with Crippen molar-refractivity contribution in [2.75, 3.05) is 31.1 Å². The van der Waals surface area contributed by atoms with Gasteiger partial charge in [-0.2, -0.15) is 0 Å². The Morgan fingerprint density at radius 1 is 0.947 bits per heavy atom. The molecule has 0 N–H and O–H groups in total. The second-order valence-electron chi connectivity index (χ2n) is 6.40. The number of benzene rings is 1. The second kappa shape index (κ2) is 4.82. The van der Waals surface area contributed by atoms with Crippen molar-refractivity contribution < 1.29 is 0 Å². The second-order valence-corrected chi connectivity index (χ2v) is 6.40. The molecular formula is C17H24N2. The fourth-order valence-electron chi connectivity index (χ4n) is 4.27. The summed E-state index contributed by atoms with van der Waals surface area (Å²) in [5.41, 5.74) is 4.85. The number of aryl methyl sites for hydroxylation is 1. The molecule has 0 amide bonds. The van der Waals surface area contributed by atoms with Gasteiger partial charge in [0.05, 0.1) is 0 Å². The Morgan fingerprint density at radius 3 is 2.89 bits per heavy atom. The Morgan fingerprint density at radius 2 is 1.89 bits per heavy atom. The van der Waals surface area contributed by atoms with E-state index in [1.165, 1.54) is 64.7 Å². The third-order valence-corrected chi connectivity index (χ3v) is 5.30. The molecular weight excluding hydrogens is 232 g/mol. The van der Waals surface area contributed by atoms with Gasteiger partial charge in [0, 0.05) is 31.4 Å². The average Bonchev–Trinajstić information content (AvgIpc) is 2.94. The molecule has 2 heteroatoms. The van der Waals surface area contributed by atoms with Gasteiger partial charge in [0.25, 0.3) is 0 Å². The first-order valence-electron chi connectivity index (χ1n) is 8.01. The van der Waals surface area contributed by atoms with E-state index in [2.05, 4.69) is 28.0 Å². The minimum atomic E-state index is 0.827. The maximum Gasteiger partial charge on any atom is 0.0402 e. The summed E-state index contributed by atoms with van der Waals surface area (Å²) in [7, 11) is 0. The minimum absolute atomic E-state index is 0.827. The number of nitrogens with zero attached hydrogens (tertiary/aromatic N) is 2. The molecule has 2 fully saturated rings. The molecule has 1 aromatic carbocycles. The normalized spacial score (nSPS) is 27.2. The largest absolute Gasteiger partial charge is 0.368 e. The van der Waals surface area contributed by atoms with Crippen LogP contribution in [0.15, 0.2) is 18.2 Å². The van der Waals surface area contributed by atoms with Crippen LogP contribution in [-0.2, 0) is 12.8 Å². The summed E-state index contributed by atoms with van der Waals surface area (Å²) in [5.74, 6) is 0. The summed E-state index contributed by atoms with van der Waals surface area (Å²) >= 11 is 0. The Bertz CT molecular complexity index is 468. The zero-order chi connectivity index (χ0) is 12.7. The predicted molar refractivity (Wildman–Crippen MR) is 79.9 cm³/mol. The van der Waals surface area contributed by atoms with Crippen molar-refractivity contribution in [2.24, 2.45) is 0 Å². The summed E-state index contributed by atoms with van der Waals surface area (Å²) < 4.78 is 0. The Kier molecular flexibility index (Phi) is 2.99. The van der Waals surface area contributed by atoms with Gasteiger partial charge in [0.2, 0.25) is 0 Å². The molecule has 1 aromatic rings. The van der Waals surface area contributed by atoms with E-state index >= 15 is 0 Å². The van der Waals surface area contributed by atoms with E-state index in [-0.39, 0.29) is 0 Å². The van der Waals surface area contributed by atoms with Gasteiger partial charge in [0.15, 0.2) is 0 Å². The third-order valence-electron chi connectivity index (χ3n) is 5.30. The van der Waals surface area contributed by atoms with E-state index < -0.39 is 0 Å². The molecule has 1 atom stereocenters. The minimum Gasteiger partial charge on any atom is -0.368 e. The van der Waals surface area contributed by atoms with Crippen molar-refractivity contribution >= 4 is 5.69 Å². The highest BCUT2D eigenvalue weighted by atomic mass is 15.3. The maximum atomic E-state index is 2.70. The van der Waals surface area contributed by atoms with Gasteiger partial charge in [-0.15, -0.1) is 0 Å². The maximum absolute atomic E-state index is 2.70. The molecule has 1 unspecified atom stereocenters. The van der Waals surface area contributed by atoms with Gasteiger partial charge >= 0.3 is 0 Å². The van der Waals surface area contributed by atoms with Crippen molar-refractivity contribution in [3.8, 4) is 0 Å². The molecule has 2 aliphatic heterocycles. The van der Waals surface area contributed by atoms with Gasteiger partial charge in [-0.25, -0.2) is 0 Å². The zero-order valence-corrected chi connectivity index (χ0v) is 11.8. The van der Waals surface area contributed by atoms with Gasteiger partial charge in [0.1, 0.15) is 0 Å². The van der Waals surface area contributed by atoms with Crippen LogP contribution < -0.4 is 4.90 Å². The van der Waals surface area contributed by atoms with Crippen LogP contribution in [0.5, 0.6) is 0 Å². The summed E-state index contributed by atoms with van der Waals surface area (Å²) in [5, 5.41) is 0. The summed E-state index contributed by atoms with van der Waals surface area (Å²) in [6.45, 7) is 5.10. The van der Waals surface area contributed by atoms with Gasteiger partial charge < -0.3 is 4.90 Å². The molecule has 4 rings (SSSR count). The number of hydrogen-bond acceptors (Lipinski definition) is 2. The van der Waals surface area contributed by atoms with Crippen LogP contribution in [0.4, 0.5) is 5.69 Å². The fraction of sp³-hybridized carbons (Fsp3) is 0.647. The molecule has 0 aromatic heterocycles. The van der Waals surface area contributed by atoms with Gasteiger partial charge in [-0.3, -0.25) is 4.90 Å². The zero-order valence-electron chi connectivity index (χ0n) is 11.8. The average molecular weight is 256 g/mol. The van der Waals surface area contributed by atoms with E-state index in [9.17, 15) is 0 Å². The van der Waals surface area contributed by atoms with E-state index in [0.717, 1.165) is 6.04 Å². The highest BCUT2D eigenvalue weighted by Gasteiger charge is 2.31. The lowest BCUT2D eigenvalue weighted by molar-refractivity contribution is 0.231. The van der Waals surface area contributed by atoms with E-state index in [1.54, 1.807) is 16.8 Å². The SMILES string of the molecule is c1cc2c(c(N3CCN4CCCC4C3)c1)CCCC2. The standard InChI is InChI=1S/C17H24N2/c1-2-8-16-14(5-1)6-3-9-17(16)19-12-11-18-10-4-7-15(18)13-19/h3,6,9,15H,1-2,4-5,7-8,10-13H2. The van der Waals surface area contributed by atoms with Crippen LogP contribution in [0.25, 0.3) is 0 Å². The molecule has 2 heterocycles. The van der Waals surface area contributed by atoms with Crippen LogP contribution in [0, 0.1) is 0 Å². The van der Waals surface area contributed by atoms with Crippen LogP contribution in [0.2, 0.25) is 0 Å². The van der Waals surface area contributed by atoms with Crippen molar-refractivity contribution in [1.29, 1.82) is 0 Å². The molecule has 1 aliphatic carbocycles. The van der Waals surface area contributed by atoms with Crippen molar-refractivity contribution in [2.45, 2.75) is 44.6 Å². The number of piperazine rings is 1. The molecule has 0 bridgehead atoms. The first-order valence-corrected chi connectivity index (χ1v) is 8.01. The predicted octanol–water partition coefficient (Wildman–Crippen LogP) is 2.85. The van der Waals surface area contributed by atoms with Crippen molar-refractivity contribution in [3.63, 3.8) is 0 Å². The van der Waals surface area contributed by atoms with Crippen LogP contribution in [-0.4, -0.2) is 37.1 Å². The molecule has 102 valence electrons. The molecule has 2 nitrogen and oxygen atoms in total. The number of rotatable bonds is 1. The summed E-state index contributed by atoms with van der Waals surface area (Å²) in [4.78, 5) is 5.38. The topological polar surface area (TPSA) is 6.48 Å². The Labute approximate surface area is 116 Å².